The number of amides is 1. The molecule has 0 saturated carbocycles. The molecule has 11 nitrogen and oxygen atoms in total. The van der Waals surface area contributed by atoms with Crippen LogP contribution in [0.15, 0.2) is 17.2 Å². The van der Waals surface area contributed by atoms with Gasteiger partial charge in [0.15, 0.2) is 0 Å². The summed E-state index contributed by atoms with van der Waals surface area (Å²) in [7, 11) is 1.12. The molecule has 2 atom stereocenters. The van der Waals surface area contributed by atoms with Crippen LogP contribution in [-0.2, 0) is 25.6 Å². The minimum Gasteiger partial charge on any atom is -0.464 e. The molecule has 11 heteroatoms. The molecule has 0 N–H and O–H groups in total. The monoisotopic (exact) mass is 406 g/mol. The lowest BCUT2D eigenvalue weighted by Crippen LogP contribution is -2.49. The summed E-state index contributed by atoms with van der Waals surface area (Å²) in [4.78, 5) is 54.7. The molecule has 3 rings (SSSR count). The number of rotatable bonds is 4. The molecule has 0 spiro atoms. The van der Waals surface area contributed by atoms with Crippen LogP contribution in [0.2, 0.25) is 0 Å². The summed E-state index contributed by atoms with van der Waals surface area (Å²) in [5.74, 6) is -2.37. The molecule has 0 aliphatic carbocycles. The van der Waals surface area contributed by atoms with Crippen LogP contribution in [-0.4, -0.2) is 69.1 Å². The van der Waals surface area contributed by atoms with Crippen molar-refractivity contribution in [2.45, 2.75) is 39.5 Å². The largest absolute Gasteiger partial charge is 0.464 e. The first-order valence-electron chi connectivity index (χ1n) is 9.02. The normalized spacial score (nSPS) is 19.2. The second-order valence-electron chi connectivity index (χ2n) is 6.83. The van der Waals surface area contributed by atoms with E-state index in [9.17, 15) is 19.2 Å². The molecule has 1 saturated heterocycles. The SMILES string of the molecule is COC(=O)c1nc2n(CC(=O)N3C[C@H](C)O[C@@H](C)C3)ccn2c(=O)c1OC(C)=O. The number of carbonyl (C=O) groups excluding carboxylic acids is 3. The fourth-order valence-electron chi connectivity index (χ4n) is 3.28. The summed E-state index contributed by atoms with van der Waals surface area (Å²) in [6, 6.07) is 0. The minimum atomic E-state index is -0.934. The summed E-state index contributed by atoms with van der Waals surface area (Å²) in [6.45, 7) is 5.71. The number of hydrogen-bond donors (Lipinski definition) is 0. The van der Waals surface area contributed by atoms with Crippen molar-refractivity contribution < 1.29 is 28.6 Å². The molecule has 0 unspecified atom stereocenters. The van der Waals surface area contributed by atoms with Crippen LogP contribution in [0.25, 0.3) is 5.78 Å². The lowest BCUT2D eigenvalue weighted by molar-refractivity contribution is -0.143. The van der Waals surface area contributed by atoms with Gasteiger partial charge in [0, 0.05) is 32.4 Å². The van der Waals surface area contributed by atoms with Gasteiger partial charge in [-0.15, -0.1) is 0 Å². The van der Waals surface area contributed by atoms with E-state index in [2.05, 4.69) is 9.72 Å². The number of esters is 2. The number of imidazole rings is 1. The number of carbonyl (C=O) groups is 3. The zero-order chi connectivity index (χ0) is 21.3. The quantitative estimate of drug-likeness (QED) is 0.643. The highest BCUT2D eigenvalue weighted by Crippen LogP contribution is 2.16. The van der Waals surface area contributed by atoms with Gasteiger partial charge < -0.3 is 23.7 Å². The van der Waals surface area contributed by atoms with Gasteiger partial charge in [0.25, 0.3) is 0 Å². The van der Waals surface area contributed by atoms with Crippen molar-refractivity contribution >= 4 is 23.6 Å². The maximum absolute atomic E-state index is 12.7. The van der Waals surface area contributed by atoms with Crippen molar-refractivity contribution in [2.75, 3.05) is 20.2 Å². The molecule has 1 fully saturated rings. The first kappa shape index (κ1) is 20.5. The summed E-state index contributed by atoms with van der Waals surface area (Å²) in [5, 5.41) is 0. The second-order valence-corrected chi connectivity index (χ2v) is 6.83. The van der Waals surface area contributed by atoms with Gasteiger partial charge in [-0.25, -0.2) is 14.2 Å². The number of morpholine rings is 1. The zero-order valence-electron chi connectivity index (χ0n) is 16.6. The Morgan fingerprint density at radius 1 is 1.21 bits per heavy atom. The third-order valence-electron chi connectivity index (χ3n) is 4.41. The molecule has 0 bridgehead atoms. The van der Waals surface area contributed by atoms with Crippen LogP contribution >= 0.6 is 0 Å². The number of nitrogens with zero attached hydrogens (tertiary/aromatic N) is 4. The summed E-state index contributed by atoms with van der Waals surface area (Å²) in [5.41, 5.74) is -1.20. The third-order valence-corrected chi connectivity index (χ3v) is 4.41. The Kier molecular flexibility index (Phi) is 5.69. The van der Waals surface area contributed by atoms with E-state index in [1.165, 1.54) is 17.0 Å². The van der Waals surface area contributed by atoms with E-state index in [1.54, 1.807) is 4.90 Å². The molecular weight excluding hydrogens is 384 g/mol. The average Bonchev–Trinajstić information content (AvgIpc) is 3.05. The fourth-order valence-corrected chi connectivity index (χ4v) is 3.28. The Hall–Kier alpha value is -3.21. The summed E-state index contributed by atoms with van der Waals surface area (Å²) >= 11 is 0. The number of ether oxygens (including phenoxy) is 3. The molecule has 1 aliphatic rings. The standard InChI is InChI=1S/C18H22N4O7/c1-10-7-21(8-11(2)28-10)13(24)9-20-5-6-22-16(25)15(29-12(3)23)14(17(26)27-4)19-18(20)22/h5-6,10-11H,7-9H2,1-4H3/t10-,11-/m0/s1. The Morgan fingerprint density at radius 3 is 2.45 bits per heavy atom. The molecule has 2 aromatic rings. The number of methoxy groups -OCH3 is 1. The van der Waals surface area contributed by atoms with E-state index in [-0.39, 0.29) is 30.4 Å². The predicted octanol–water partition coefficient (Wildman–Crippen LogP) is -0.156. The molecule has 1 aliphatic heterocycles. The second kappa shape index (κ2) is 8.03. The third kappa shape index (κ3) is 4.14. The van der Waals surface area contributed by atoms with Crippen LogP contribution in [0.4, 0.5) is 0 Å². The van der Waals surface area contributed by atoms with E-state index in [0.29, 0.717) is 13.1 Å². The fraction of sp³-hybridized carbons (Fsp3) is 0.500. The van der Waals surface area contributed by atoms with Gasteiger partial charge in [-0.05, 0) is 13.8 Å². The molecule has 3 heterocycles. The van der Waals surface area contributed by atoms with Crippen molar-refractivity contribution in [2.24, 2.45) is 0 Å². The van der Waals surface area contributed by atoms with Gasteiger partial charge in [-0.1, -0.05) is 0 Å². The van der Waals surface area contributed by atoms with Crippen LogP contribution in [0, 0.1) is 0 Å². The molecule has 0 aromatic carbocycles. The van der Waals surface area contributed by atoms with E-state index >= 15 is 0 Å². The Morgan fingerprint density at radius 2 is 1.86 bits per heavy atom. The van der Waals surface area contributed by atoms with Gasteiger partial charge in [0.1, 0.15) is 6.54 Å². The molecule has 2 aromatic heterocycles. The first-order chi connectivity index (χ1) is 13.7. The van der Waals surface area contributed by atoms with Crippen LogP contribution in [0.3, 0.4) is 0 Å². The van der Waals surface area contributed by atoms with Crippen molar-refractivity contribution in [1.82, 2.24) is 18.9 Å². The topological polar surface area (TPSA) is 121 Å². The number of hydrogen-bond acceptors (Lipinski definition) is 8. The van der Waals surface area contributed by atoms with E-state index in [4.69, 9.17) is 9.47 Å². The van der Waals surface area contributed by atoms with Crippen LogP contribution < -0.4 is 10.3 Å². The van der Waals surface area contributed by atoms with Crippen molar-refractivity contribution in [3.8, 4) is 5.75 Å². The Bertz CT molecular complexity index is 1020. The van der Waals surface area contributed by atoms with Crippen molar-refractivity contribution in [3.05, 3.63) is 28.4 Å². The highest BCUT2D eigenvalue weighted by Gasteiger charge is 2.28. The highest BCUT2D eigenvalue weighted by molar-refractivity contribution is 5.91. The van der Waals surface area contributed by atoms with E-state index in [0.717, 1.165) is 18.4 Å². The van der Waals surface area contributed by atoms with Crippen LogP contribution in [0.1, 0.15) is 31.3 Å². The molecular formula is C18H22N4O7. The molecule has 1 amide bonds. The maximum atomic E-state index is 12.7. The minimum absolute atomic E-state index is 0.0500. The summed E-state index contributed by atoms with van der Waals surface area (Å²) < 4.78 is 17.7. The van der Waals surface area contributed by atoms with E-state index < -0.39 is 28.9 Å². The molecule has 156 valence electrons. The maximum Gasteiger partial charge on any atom is 0.360 e. The predicted molar refractivity (Wildman–Crippen MR) is 98.7 cm³/mol. The van der Waals surface area contributed by atoms with E-state index in [1.807, 2.05) is 13.8 Å². The first-order valence-corrected chi connectivity index (χ1v) is 9.02. The van der Waals surface area contributed by atoms with Crippen molar-refractivity contribution in [3.63, 3.8) is 0 Å². The van der Waals surface area contributed by atoms with Crippen LogP contribution in [0.5, 0.6) is 5.75 Å². The zero-order valence-corrected chi connectivity index (χ0v) is 16.6. The van der Waals surface area contributed by atoms with Gasteiger partial charge >= 0.3 is 17.5 Å². The van der Waals surface area contributed by atoms with Gasteiger partial charge in [0.2, 0.25) is 23.1 Å². The molecule has 29 heavy (non-hydrogen) atoms. The lowest BCUT2D eigenvalue weighted by atomic mass is 10.2. The number of aromatic nitrogens is 3. The smallest absolute Gasteiger partial charge is 0.360 e. The average molecular weight is 406 g/mol. The summed E-state index contributed by atoms with van der Waals surface area (Å²) in [6.07, 6.45) is 2.72. The van der Waals surface area contributed by atoms with Gasteiger partial charge in [-0.2, -0.15) is 0 Å². The number of fused-ring (bicyclic) bond motifs is 1. The molecule has 0 radical (unpaired) electrons. The Balaban J connectivity index is 1.99. The highest BCUT2D eigenvalue weighted by atomic mass is 16.5. The Labute approximate surface area is 165 Å². The van der Waals surface area contributed by atoms with Gasteiger partial charge in [-0.3, -0.25) is 14.4 Å². The lowest BCUT2D eigenvalue weighted by Gasteiger charge is -2.35. The van der Waals surface area contributed by atoms with Crippen molar-refractivity contribution in [1.29, 1.82) is 0 Å². The van der Waals surface area contributed by atoms with Gasteiger partial charge in [0.05, 0.1) is 19.3 Å².